The van der Waals surface area contributed by atoms with Crippen molar-refractivity contribution in [1.29, 1.82) is 0 Å². The molecule has 2 N–H and O–H groups in total. The van der Waals surface area contributed by atoms with Gasteiger partial charge in [-0.15, -0.1) is 0 Å². The van der Waals surface area contributed by atoms with Gasteiger partial charge in [0.25, 0.3) is 0 Å². The summed E-state index contributed by atoms with van der Waals surface area (Å²) in [5.41, 5.74) is 7.48. The molecule has 0 radical (unpaired) electrons. The molecule has 1 nitrogen and oxygen atoms in total. The lowest BCUT2D eigenvalue weighted by Crippen LogP contribution is -2.20. The molecule has 0 heterocycles. The Bertz CT molecular complexity index is 355. The van der Waals surface area contributed by atoms with Crippen molar-refractivity contribution in [2.75, 3.05) is 0 Å². The SMILES string of the molecule is N[C@@H]1CC1(c1ccc(F)cc1)C1CC1. The molecule has 1 unspecified atom stereocenters. The molecular formula is C12H14FN. The van der Waals surface area contributed by atoms with Crippen LogP contribution in [0.25, 0.3) is 0 Å². The minimum absolute atomic E-state index is 0.158. The largest absolute Gasteiger partial charge is 0.327 e. The molecule has 0 aliphatic heterocycles. The summed E-state index contributed by atoms with van der Waals surface area (Å²) in [7, 11) is 0. The van der Waals surface area contributed by atoms with E-state index >= 15 is 0 Å². The first kappa shape index (κ1) is 8.42. The molecule has 0 amide bonds. The van der Waals surface area contributed by atoms with E-state index < -0.39 is 0 Å². The molecule has 2 aliphatic carbocycles. The summed E-state index contributed by atoms with van der Waals surface area (Å²) in [4.78, 5) is 0. The number of benzene rings is 1. The minimum atomic E-state index is -0.158. The van der Waals surface area contributed by atoms with E-state index in [0.29, 0.717) is 6.04 Å². The molecule has 2 aliphatic rings. The van der Waals surface area contributed by atoms with Gasteiger partial charge in [0.1, 0.15) is 5.82 Å². The van der Waals surface area contributed by atoms with Crippen molar-refractivity contribution in [3.05, 3.63) is 35.6 Å². The molecule has 2 fully saturated rings. The number of halogens is 1. The highest BCUT2D eigenvalue weighted by Crippen LogP contribution is 2.61. The Labute approximate surface area is 83.1 Å². The van der Waals surface area contributed by atoms with Gasteiger partial charge < -0.3 is 5.73 Å². The summed E-state index contributed by atoms with van der Waals surface area (Å²) in [5.74, 6) is 0.608. The predicted molar refractivity (Wildman–Crippen MR) is 53.4 cm³/mol. The number of hydrogen-bond acceptors (Lipinski definition) is 1. The van der Waals surface area contributed by atoms with Crippen LogP contribution in [0.1, 0.15) is 24.8 Å². The van der Waals surface area contributed by atoms with Gasteiger partial charge in [-0.25, -0.2) is 4.39 Å². The topological polar surface area (TPSA) is 26.0 Å². The fourth-order valence-corrected chi connectivity index (χ4v) is 2.70. The highest BCUT2D eigenvalue weighted by Gasteiger charge is 2.61. The monoisotopic (exact) mass is 191 g/mol. The van der Waals surface area contributed by atoms with Crippen molar-refractivity contribution in [2.45, 2.75) is 30.7 Å². The Kier molecular flexibility index (Phi) is 1.55. The van der Waals surface area contributed by atoms with Crippen LogP contribution in [-0.4, -0.2) is 6.04 Å². The third-order valence-corrected chi connectivity index (χ3v) is 3.75. The van der Waals surface area contributed by atoms with Crippen LogP contribution in [0.2, 0.25) is 0 Å². The standard InChI is InChI=1S/C12H14FN/c13-10-5-3-9(4-6-10)12(7-11(12)14)8-1-2-8/h3-6,8,11H,1-2,7,14H2/t11-,12?/m1/s1. The fraction of sp³-hybridized carbons (Fsp3) is 0.500. The van der Waals surface area contributed by atoms with Crippen LogP contribution in [0, 0.1) is 11.7 Å². The Morgan fingerprint density at radius 2 is 1.79 bits per heavy atom. The Morgan fingerprint density at radius 1 is 1.21 bits per heavy atom. The lowest BCUT2D eigenvalue weighted by Gasteiger charge is -2.15. The van der Waals surface area contributed by atoms with Crippen molar-refractivity contribution in [1.82, 2.24) is 0 Å². The smallest absolute Gasteiger partial charge is 0.123 e. The molecule has 2 saturated carbocycles. The highest BCUT2D eigenvalue weighted by atomic mass is 19.1. The predicted octanol–water partition coefficient (Wildman–Crippen LogP) is 2.20. The molecule has 0 spiro atoms. The third-order valence-electron chi connectivity index (χ3n) is 3.75. The summed E-state index contributed by atoms with van der Waals surface area (Å²) in [6, 6.07) is 7.20. The van der Waals surface area contributed by atoms with E-state index in [2.05, 4.69) is 0 Å². The maximum atomic E-state index is 12.8. The summed E-state index contributed by atoms with van der Waals surface area (Å²) >= 11 is 0. The van der Waals surface area contributed by atoms with Gasteiger partial charge in [0.15, 0.2) is 0 Å². The van der Waals surface area contributed by atoms with E-state index in [4.69, 9.17) is 5.73 Å². The lowest BCUT2D eigenvalue weighted by molar-refractivity contribution is 0.568. The van der Waals surface area contributed by atoms with Crippen molar-refractivity contribution >= 4 is 0 Å². The average molecular weight is 191 g/mol. The van der Waals surface area contributed by atoms with Crippen molar-refractivity contribution in [3.63, 3.8) is 0 Å². The van der Waals surface area contributed by atoms with E-state index in [1.165, 1.54) is 18.4 Å². The molecular weight excluding hydrogens is 177 g/mol. The van der Waals surface area contributed by atoms with Gasteiger partial charge in [-0.1, -0.05) is 12.1 Å². The molecule has 3 rings (SSSR count). The van der Waals surface area contributed by atoms with Crippen LogP contribution in [-0.2, 0) is 5.41 Å². The zero-order chi connectivity index (χ0) is 9.76. The molecule has 0 saturated heterocycles. The summed E-state index contributed by atoms with van der Waals surface area (Å²) in [5, 5.41) is 0. The first-order chi connectivity index (χ1) is 6.73. The number of nitrogens with two attached hydrogens (primary N) is 1. The Hall–Kier alpha value is -0.890. The Morgan fingerprint density at radius 3 is 2.21 bits per heavy atom. The second-order valence-electron chi connectivity index (χ2n) is 4.63. The molecule has 0 aromatic heterocycles. The van der Waals surface area contributed by atoms with Gasteiger partial charge in [-0.05, 0) is 42.9 Å². The van der Waals surface area contributed by atoms with E-state index in [9.17, 15) is 4.39 Å². The van der Waals surface area contributed by atoms with Crippen molar-refractivity contribution in [3.8, 4) is 0 Å². The number of rotatable bonds is 2. The third kappa shape index (κ3) is 1.04. The lowest BCUT2D eigenvalue weighted by atomic mass is 9.90. The van der Waals surface area contributed by atoms with Crippen LogP contribution >= 0.6 is 0 Å². The van der Waals surface area contributed by atoms with Crippen molar-refractivity contribution < 1.29 is 4.39 Å². The summed E-state index contributed by atoms with van der Waals surface area (Å²) in [6.07, 6.45) is 3.68. The Balaban J connectivity index is 1.97. The van der Waals surface area contributed by atoms with Crippen LogP contribution in [0.4, 0.5) is 4.39 Å². The molecule has 1 aromatic carbocycles. The second-order valence-corrected chi connectivity index (χ2v) is 4.63. The van der Waals surface area contributed by atoms with E-state index in [0.717, 1.165) is 12.3 Å². The second kappa shape index (κ2) is 2.57. The van der Waals surface area contributed by atoms with Crippen LogP contribution < -0.4 is 5.73 Å². The summed E-state index contributed by atoms with van der Waals surface area (Å²) in [6.45, 7) is 0. The first-order valence-corrected chi connectivity index (χ1v) is 5.25. The van der Waals surface area contributed by atoms with Gasteiger partial charge in [0.2, 0.25) is 0 Å². The van der Waals surface area contributed by atoms with Crippen LogP contribution in [0.15, 0.2) is 24.3 Å². The minimum Gasteiger partial charge on any atom is -0.327 e. The van der Waals surface area contributed by atoms with Gasteiger partial charge in [0.05, 0.1) is 0 Å². The molecule has 74 valence electrons. The van der Waals surface area contributed by atoms with E-state index in [-0.39, 0.29) is 11.2 Å². The molecule has 1 aromatic rings. The van der Waals surface area contributed by atoms with Crippen LogP contribution in [0.3, 0.4) is 0 Å². The van der Waals surface area contributed by atoms with Gasteiger partial charge in [-0.2, -0.15) is 0 Å². The maximum Gasteiger partial charge on any atom is 0.123 e. The fourth-order valence-electron chi connectivity index (χ4n) is 2.70. The molecule has 2 atom stereocenters. The van der Waals surface area contributed by atoms with Gasteiger partial charge >= 0.3 is 0 Å². The highest BCUT2D eigenvalue weighted by molar-refractivity contribution is 5.39. The van der Waals surface area contributed by atoms with E-state index in [1.54, 1.807) is 12.1 Å². The van der Waals surface area contributed by atoms with Gasteiger partial charge in [0, 0.05) is 11.5 Å². The zero-order valence-corrected chi connectivity index (χ0v) is 8.04. The average Bonchev–Trinajstić information content (AvgIpc) is 3.01. The molecule has 14 heavy (non-hydrogen) atoms. The van der Waals surface area contributed by atoms with Crippen LogP contribution in [0.5, 0.6) is 0 Å². The van der Waals surface area contributed by atoms with Crippen molar-refractivity contribution in [2.24, 2.45) is 11.7 Å². The number of hydrogen-bond donors (Lipinski definition) is 1. The quantitative estimate of drug-likeness (QED) is 0.762. The summed E-state index contributed by atoms with van der Waals surface area (Å²) < 4.78 is 12.8. The maximum absolute atomic E-state index is 12.8. The molecule has 2 heteroatoms. The zero-order valence-electron chi connectivity index (χ0n) is 8.04. The van der Waals surface area contributed by atoms with Gasteiger partial charge in [-0.3, -0.25) is 0 Å². The first-order valence-electron chi connectivity index (χ1n) is 5.25. The van der Waals surface area contributed by atoms with E-state index in [1.807, 2.05) is 12.1 Å². The molecule has 0 bridgehead atoms. The normalized spacial score (nSPS) is 35.7.